The smallest absolute Gasteiger partial charge is 0.255 e. The molecule has 5 nitrogen and oxygen atoms in total. The van der Waals surface area contributed by atoms with E-state index in [1.807, 2.05) is 47.8 Å². The van der Waals surface area contributed by atoms with Gasteiger partial charge in [-0.1, -0.05) is 12.1 Å². The molecule has 0 saturated carbocycles. The molecular weight excluding hydrogens is 424 g/mol. The van der Waals surface area contributed by atoms with Gasteiger partial charge in [0.2, 0.25) is 0 Å². The standard InChI is InChI=1S/C24H18N4OS2/c1-15-5-10-20-21(13-15)31-23(28-20)16-6-8-18(9-7-16)26-22(29)17-3-2-4-19(14-17)27-24-25-11-12-30-24/h2-14H,1H3,(H,25,27)(H,26,29). The number of amides is 1. The molecule has 0 aliphatic heterocycles. The van der Waals surface area contributed by atoms with Crippen molar-refractivity contribution < 1.29 is 4.79 Å². The molecule has 31 heavy (non-hydrogen) atoms. The summed E-state index contributed by atoms with van der Waals surface area (Å²) < 4.78 is 1.18. The first kappa shape index (κ1) is 19.4. The fourth-order valence-electron chi connectivity index (χ4n) is 3.20. The van der Waals surface area contributed by atoms with Crippen molar-refractivity contribution in [3.63, 3.8) is 0 Å². The lowest BCUT2D eigenvalue weighted by atomic mass is 10.1. The lowest BCUT2D eigenvalue weighted by molar-refractivity contribution is 0.102. The van der Waals surface area contributed by atoms with Crippen molar-refractivity contribution in [1.82, 2.24) is 9.97 Å². The summed E-state index contributed by atoms with van der Waals surface area (Å²) in [5.74, 6) is -0.161. The Morgan fingerprint density at radius 2 is 1.84 bits per heavy atom. The van der Waals surface area contributed by atoms with Crippen LogP contribution in [0.1, 0.15) is 15.9 Å². The van der Waals surface area contributed by atoms with Gasteiger partial charge in [-0.2, -0.15) is 0 Å². The molecule has 0 spiro atoms. The van der Waals surface area contributed by atoms with Gasteiger partial charge >= 0.3 is 0 Å². The molecule has 0 fully saturated rings. The third kappa shape index (κ3) is 4.33. The fourth-order valence-corrected chi connectivity index (χ4v) is 4.82. The fraction of sp³-hybridized carbons (Fsp3) is 0.0417. The van der Waals surface area contributed by atoms with Crippen LogP contribution in [-0.2, 0) is 0 Å². The quantitative estimate of drug-likeness (QED) is 0.317. The Morgan fingerprint density at radius 3 is 2.65 bits per heavy atom. The van der Waals surface area contributed by atoms with Crippen LogP contribution in [0, 0.1) is 6.92 Å². The van der Waals surface area contributed by atoms with Crippen LogP contribution < -0.4 is 10.6 Å². The van der Waals surface area contributed by atoms with Crippen LogP contribution in [0.4, 0.5) is 16.5 Å². The SMILES string of the molecule is Cc1ccc2nc(-c3ccc(NC(=O)c4cccc(Nc5nccs5)c4)cc3)sc2c1. The molecule has 0 aliphatic carbocycles. The lowest BCUT2D eigenvalue weighted by Crippen LogP contribution is -2.11. The zero-order valence-corrected chi connectivity index (χ0v) is 18.3. The molecule has 2 N–H and O–H groups in total. The van der Waals surface area contributed by atoms with E-state index in [0.717, 1.165) is 32.6 Å². The van der Waals surface area contributed by atoms with Gasteiger partial charge in [0.15, 0.2) is 5.13 Å². The summed E-state index contributed by atoms with van der Waals surface area (Å²) >= 11 is 3.18. The third-order valence-corrected chi connectivity index (χ3v) is 6.50. The summed E-state index contributed by atoms with van der Waals surface area (Å²) in [6, 6.07) is 21.4. The number of benzene rings is 3. The number of hydrogen-bond acceptors (Lipinski definition) is 6. The van der Waals surface area contributed by atoms with E-state index in [4.69, 9.17) is 4.98 Å². The van der Waals surface area contributed by atoms with E-state index in [2.05, 4.69) is 40.7 Å². The van der Waals surface area contributed by atoms with E-state index in [0.29, 0.717) is 5.56 Å². The van der Waals surface area contributed by atoms with Crippen molar-refractivity contribution >= 4 is 55.3 Å². The number of carbonyl (C=O) groups is 1. The second-order valence-electron chi connectivity index (χ2n) is 7.06. The molecule has 2 heterocycles. The predicted molar refractivity (Wildman–Crippen MR) is 130 cm³/mol. The molecular formula is C24H18N4OS2. The maximum atomic E-state index is 12.7. The number of aryl methyl sites for hydroxylation is 1. The first-order chi connectivity index (χ1) is 15.1. The highest BCUT2D eigenvalue weighted by molar-refractivity contribution is 7.21. The minimum Gasteiger partial charge on any atom is -0.332 e. The van der Waals surface area contributed by atoms with Gasteiger partial charge in [-0.15, -0.1) is 22.7 Å². The van der Waals surface area contributed by atoms with E-state index in [1.54, 1.807) is 23.6 Å². The van der Waals surface area contributed by atoms with Gasteiger partial charge in [0.05, 0.1) is 10.2 Å². The molecule has 0 aliphatic rings. The van der Waals surface area contributed by atoms with Crippen LogP contribution in [0.3, 0.4) is 0 Å². The first-order valence-corrected chi connectivity index (χ1v) is 11.4. The predicted octanol–water partition coefficient (Wildman–Crippen LogP) is 6.72. The highest BCUT2D eigenvalue weighted by atomic mass is 32.1. The summed E-state index contributed by atoms with van der Waals surface area (Å²) in [5, 5.41) is 9.83. The van der Waals surface area contributed by atoms with Crippen LogP contribution in [0.25, 0.3) is 20.8 Å². The number of rotatable bonds is 5. The van der Waals surface area contributed by atoms with Gasteiger partial charge in [0, 0.05) is 34.1 Å². The molecule has 5 aromatic rings. The van der Waals surface area contributed by atoms with Gasteiger partial charge in [0.1, 0.15) is 5.01 Å². The highest BCUT2D eigenvalue weighted by Crippen LogP contribution is 2.31. The molecule has 0 saturated heterocycles. The summed E-state index contributed by atoms with van der Waals surface area (Å²) in [4.78, 5) is 21.6. The van der Waals surface area contributed by atoms with E-state index < -0.39 is 0 Å². The van der Waals surface area contributed by atoms with Crippen molar-refractivity contribution in [2.45, 2.75) is 6.92 Å². The molecule has 7 heteroatoms. The second-order valence-corrected chi connectivity index (χ2v) is 8.99. The summed E-state index contributed by atoms with van der Waals surface area (Å²) in [5.41, 5.74) is 5.41. The number of fused-ring (bicyclic) bond motifs is 1. The topological polar surface area (TPSA) is 66.9 Å². The summed E-state index contributed by atoms with van der Waals surface area (Å²) in [6.45, 7) is 2.08. The van der Waals surface area contributed by atoms with Gasteiger partial charge < -0.3 is 10.6 Å². The largest absolute Gasteiger partial charge is 0.332 e. The van der Waals surface area contributed by atoms with Crippen LogP contribution in [-0.4, -0.2) is 15.9 Å². The average Bonchev–Trinajstić information content (AvgIpc) is 3.44. The number of nitrogens with zero attached hydrogens (tertiary/aromatic N) is 2. The molecule has 152 valence electrons. The normalized spacial score (nSPS) is 10.9. The van der Waals surface area contributed by atoms with Gasteiger partial charge in [-0.25, -0.2) is 9.97 Å². The van der Waals surface area contributed by atoms with Crippen molar-refractivity contribution in [2.24, 2.45) is 0 Å². The Labute approximate surface area is 187 Å². The number of anilines is 3. The monoisotopic (exact) mass is 442 g/mol. The number of aromatic nitrogens is 2. The molecule has 0 atom stereocenters. The van der Waals surface area contributed by atoms with Crippen LogP contribution >= 0.6 is 22.7 Å². The van der Waals surface area contributed by atoms with Gasteiger partial charge in [-0.05, 0) is 67.1 Å². The third-order valence-electron chi connectivity index (χ3n) is 4.74. The second kappa shape index (κ2) is 8.29. The number of carbonyl (C=O) groups excluding carboxylic acids is 1. The molecule has 0 unspecified atom stereocenters. The summed E-state index contributed by atoms with van der Waals surface area (Å²) in [7, 11) is 0. The minimum absolute atomic E-state index is 0.161. The van der Waals surface area contributed by atoms with E-state index in [9.17, 15) is 4.79 Å². The number of thiazole rings is 2. The first-order valence-electron chi connectivity index (χ1n) is 9.70. The molecule has 5 rings (SSSR count). The Bertz CT molecular complexity index is 1360. The van der Waals surface area contributed by atoms with Gasteiger partial charge in [-0.3, -0.25) is 4.79 Å². The zero-order chi connectivity index (χ0) is 21.2. The van der Waals surface area contributed by atoms with E-state index in [1.165, 1.54) is 21.6 Å². The van der Waals surface area contributed by atoms with E-state index >= 15 is 0 Å². The molecule has 2 aromatic heterocycles. The molecule has 3 aromatic carbocycles. The van der Waals surface area contributed by atoms with Crippen molar-refractivity contribution in [1.29, 1.82) is 0 Å². The Hall–Kier alpha value is -3.55. The summed E-state index contributed by atoms with van der Waals surface area (Å²) in [6.07, 6.45) is 1.74. The van der Waals surface area contributed by atoms with E-state index in [-0.39, 0.29) is 5.91 Å². The minimum atomic E-state index is -0.161. The zero-order valence-electron chi connectivity index (χ0n) is 16.6. The Balaban J connectivity index is 1.30. The Kier molecular flexibility index (Phi) is 5.19. The lowest BCUT2D eigenvalue weighted by Gasteiger charge is -2.08. The maximum absolute atomic E-state index is 12.7. The Morgan fingerprint density at radius 1 is 0.968 bits per heavy atom. The highest BCUT2D eigenvalue weighted by Gasteiger charge is 2.10. The number of nitrogens with one attached hydrogen (secondary N) is 2. The molecule has 1 amide bonds. The average molecular weight is 443 g/mol. The van der Waals surface area contributed by atoms with Crippen molar-refractivity contribution in [2.75, 3.05) is 10.6 Å². The maximum Gasteiger partial charge on any atom is 0.255 e. The van der Waals surface area contributed by atoms with Crippen LogP contribution in [0.5, 0.6) is 0 Å². The van der Waals surface area contributed by atoms with Gasteiger partial charge in [0.25, 0.3) is 5.91 Å². The van der Waals surface area contributed by atoms with Crippen molar-refractivity contribution in [3.05, 3.63) is 89.4 Å². The molecule has 0 radical (unpaired) electrons. The van der Waals surface area contributed by atoms with Crippen LogP contribution in [0.15, 0.2) is 78.3 Å². The van der Waals surface area contributed by atoms with Crippen molar-refractivity contribution in [3.8, 4) is 10.6 Å². The van der Waals surface area contributed by atoms with Crippen LogP contribution in [0.2, 0.25) is 0 Å². The number of hydrogen-bond donors (Lipinski definition) is 2. The molecule has 0 bridgehead atoms.